The average Bonchev–Trinajstić information content (AvgIpc) is 2.25. The molecule has 0 saturated carbocycles. The highest BCUT2D eigenvalue weighted by atomic mass is 19.3. The van der Waals surface area contributed by atoms with Gasteiger partial charge >= 0.3 is 12.6 Å². The van der Waals surface area contributed by atoms with Crippen LogP contribution in [-0.2, 0) is 4.79 Å². The molecular weight excluding hydrogens is 230 g/mol. The molecule has 0 spiro atoms. The van der Waals surface area contributed by atoms with Gasteiger partial charge in [0.25, 0.3) is 0 Å². The monoisotopic (exact) mass is 242 g/mol. The minimum absolute atomic E-state index is 0.00830. The molecule has 17 heavy (non-hydrogen) atoms. The molecule has 0 fully saturated rings. The predicted octanol–water partition coefficient (Wildman–Crippen LogP) is 3.17. The molecule has 0 aliphatic carbocycles. The van der Waals surface area contributed by atoms with E-state index in [1.165, 1.54) is 6.07 Å². The highest BCUT2D eigenvalue weighted by Crippen LogP contribution is 2.21. The third kappa shape index (κ3) is 5.10. The van der Waals surface area contributed by atoms with Gasteiger partial charge in [-0.1, -0.05) is 30.4 Å². The van der Waals surface area contributed by atoms with Crippen LogP contribution in [0, 0.1) is 0 Å². The Labute approximate surface area is 97.3 Å². The number of aliphatic carboxylic acids is 1. The molecule has 0 saturated heterocycles. The van der Waals surface area contributed by atoms with Gasteiger partial charge in [0.2, 0.25) is 0 Å². The van der Waals surface area contributed by atoms with Crippen molar-refractivity contribution in [3.63, 3.8) is 0 Å². The molecule has 0 radical (unpaired) electrons. The van der Waals surface area contributed by atoms with Gasteiger partial charge in [0, 0.05) is 12.0 Å². The highest BCUT2D eigenvalue weighted by molar-refractivity contribution is 5.67. The Morgan fingerprint density at radius 3 is 2.76 bits per heavy atom. The Hall–Kier alpha value is -1.91. The summed E-state index contributed by atoms with van der Waals surface area (Å²) in [5.41, 5.74) is 0.498. The number of hydrogen-bond donors (Lipinski definition) is 1. The number of ether oxygens (including phenoxy) is 1. The number of allylic oxidation sites excluding steroid dienone is 1. The molecule has 0 unspecified atom stereocenters. The van der Waals surface area contributed by atoms with Crippen molar-refractivity contribution in [2.45, 2.75) is 19.5 Å². The molecule has 5 heteroatoms. The first-order valence-electron chi connectivity index (χ1n) is 5.02. The van der Waals surface area contributed by atoms with Crippen LogP contribution in [0.1, 0.15) is 18.4 Å². The largest absolute Gasteiger partial charge is 0.481 e. The maximum atomic E-state index is 12.1. The number of halogens is 2. The zero-order chi connectivity index (χ0) is 12.7. The van der Waals surface area contributed by atoms with Gasteiger partial charge in [0.1, 0.15) is 5.75 Å². The standard InChI is InChI=1S/C12H12F2O3/c13-12(14)17-10-7-3-1-5-9(10)6-2-4-8-11(15)16/h1-3,5-7,12H,4,8H2,(H,15,16). The van der Waals surface area contributed by atoms with Gasteiger partial charge in [-0.2, -0.15) is 8.78 Å². The zero-order valence-corrected chi connectivity index (χ0v) is 8.98. The van der Waals surface area contributed by atoms with E-state index in [1.807, 2.05) is 0 Å². The van der Waals surface area contributed by atoms with Crippen LogP contribution in [0.25, 0.3) is 6.08 Å². The molecule has 0 heterocycles. The summed E-state index contributed by atoms with van der Waals surface area (Å²) >= 11 is 0. The molecule has 1 aromatic carbocycles. The van der Waals surface area contributed by atoms with Crippen LogP contribution in [0.15, 0.2) is 30.3 Å². The van der Waals surface area contributed by atoms with Crippen molar-refractivity contribution in [2.75, 3.05) is 0 Å². The van der Waals surface area contributed by atoms with Gasteiger partial charge in [-0.05, 0) is 12.5 Å². The van der Waals surface area contributed by atoms with Crippen LogP contribution in [0.4, 0.5) is 8.78 Å². The van der Waals surface area contributed by atoms with E-state index in [9.17, 15) is 13.6 Å². The van der Waals surface area contributed by atoms with Crippen molar-refractivity contribution in [1.82, 2.24) is 0 Å². The maximum absolute atomic E-state index is 12.1. The average molecular weight is 242 g/mol. The predicted molar refractivity (Wildman–Crippen MR) is 59.0 cm³/mol. The third-order valence-electron chi connectivity index (χ3n) is 1.96. The van der Waals surface area contributed by atoms with Gasteiger partial charge < -0.3 is 9.84 Å². The zero-order valence-electron chi connectivity index (χ0n) is 8.98. The Bertz CT molecular complexity index is 402. The molecule has 1 rings (SSSR count). The number of carbonyl (C=O) groups is 1. The highest BCUT2D eigenvalue weighted by Gasteiger charge is 2.06. The SMILES string of the molecule is O=C(O)CCC=Cc1ccccc1OC(F)F. The van der Waals surface area contributed by atoms with Crippen LogP contribution < -0.4 is 4.74 Å². The smallest absolute Gasteiger partial charge is 0.387 e. The lowest BCUT2D eigenvalue weighted by atomic mass is 10.1. The van der Waals surface area contributed by atoms with Crippen molar-refractivity contribution in [2.24, 2.45) is 0 Å². The Balaban J connectivity index is 2.66. The van der Waals surface area contributed by atoms with Crippen molar-refractivity contribution in [3.8, 4) is 5.75 Å². The Morgan fingerprint density at radius 2 is 2.12 bits per heavy atom. The van der Waals surface area contributed by atoms with Crippen LogP contribution in [-0.4, -0.2) is 17.7 Å². The fourth-order valence-corrected chi connectivity index (χ4v) is 1.24. The van der Waals surface area contributed by atoms with Gasteiger partial charge in [-0.25, -0.2) is 0 Å². The lowest BCUT2D eigenvalue weighted by Crippen LogP contribution is -2.02. The van der Waals surface area contributed by atoms with Crippen molar-refractivity contribution < 1.29 is 23.4 Å². The first-order chi connectivity index (χ1) is 8.09. The topological polar surface area (TPSA) is 46.5 Å². The molecule has 0 amide bonds. The maximum Gasteiger partial charge on any atom is 0.387 e. The fraction of sp³-hybridized carbons (Fsp3) is 0.250. The van der Waals surface area contributed by atoms with Crippen molar-refractivity contribution in [1.29, 1.82) is 0 Å². The first kappa shape index (κ1) is 13.2. The van der Waals surface area contributed by atoms with Crippen LogP contribution >= 0.6 is 0 Å². The second-order valence-electron chi connectivity index (χ2n) is 3.25. The Morgan fingerprint density at radius 1 is 1.41 bits per heavy atom. The number of carboxylic acid groups (broad SMARTS) is 1. The number of benzene rings is 1. The molecule has 0 aromatic heterocycles. The minimum Gasteiger partial charge on any atom is -0.481 e. The first-order valence-corrected chi connectivity index (χ1v) is 5.02. The lowest BCUT2D eigenvalue weighted by Gasteiger charge is -2.07. The van der Waals surface area contributed by atoms with E-state index in [4.69, 9.17) is 5.11 Å². The van der Waals surface area contributed by atoms with Crippen LogP contribution in [0.3, 0.4) is 0 Å². The number of para-hydroxylation sites is 1. The fourth-order valence-electron chi connectivity index (χ4n) is 1.24. The second-order valence-corrected chi connectivity index (χ2v) is 3.25. The van der Waals surface area contributed by atoms with Gasteiger partial charge in [0.15, 0.2) is 0 Å². The molecule has 92 valence electrons. The molecular formula is C12H12F2O3. The van der Waals surface area contributed by atoms with Crippen LogP contribution in [0.2, 0.25) is 0 Å². The van der Waals surface area contributed by atoms with Gasteiger partial charge in [0.05, 0.1) is 0 Å². The van der Waals surface area contributed by atoms with E-state index >= 15 is 0 Å². The molecule has 0 aliphatic rings. The summed E-state index contributed by atoms with van der Waals surface area (Å²) in [6, 6.07) is 6.33. The van der Waals surface area contributed by atoms with Gasteiger partial charge in [-0.15, -0.1) is 0 Å². The van der Waals surface area contributed by atoms with E-state index in [-0.39, 0.29) is 12.2 Å². The van der Waals surface area contributed by atoms with E-state index in [0.29, 0.717) is 12.0 Å². The summed E-state index contributed by atoms with van der Waals surface area (Å²) in [5, 5.41) is 8.43. The number of rotatable bonds is 6. The van der Waals surface area contributed by atoms with E-state index in [0.717, 1.165) is 0 Å². The van der Waals surface area contributed by atoms with E-state index < -0.39 is 12.6 Å². The summed E-state index contributed by atoms with van der Waals surface area (Å²) in [6.07, 6.45) is 3.54. The molecule has 1 N–H and O–H groups in total. The lowest BCUT2D eigenvalue weighted by molar-refractivity contribution is -0.136. The Kier molecular flexibility index (Phi) is 5.13. The summed E-state index contributed by atoms with van der Waals surface area (Å²) in [6.45, 7) is -2.87. The van der Waals surface area contributed by atoms with Crippen molar-refractivity contribution in [3.05, 3.63) is 35.9 Å². The summed E-state index contributed by atoms with van der Waals surface area (Å²) in [4.78, 5) is 10.3. The minimum atomic E-state index is -2.87. The summed E-state index contributed by atoms with van der Waals surface area (Å²) < 4.78 is 28.5. The number of carboxylic acids is 1. The quantitative estimate of drug-likeness (QED) is 0.833. The molecule has 0 aliphatic heterocycles. The van der Waals surface area contributed by atoms with Crippen LogP contribution in [0.5, 0.6) is 5.75 Å². The molecule has 0 bridgehead atoms. The number of alkyl halides is 2. The second kappa shape index (κ2) is 6.62. The third-order valence-corrected chi connectivity index (χ3v) is 1.96. The van der Waals surface area contributed by atoms with E-state index in [1.54, 1.807) is 30.4 Å². The number of hydrogen-bond acceptors (Lipinski definition) is 2. The normalized spacial score (nSPS) is 11.0. The molecule has 0 atom stereocenters. The summed E-state index contributed by atoms with van der Waals surface area (Å²) in [7, 11) is 0. The van der Waals surface area contributed by atoms with Crippen molar-refractivity contribution >= 4 is 12.0 Å². The molecule has 1 aromatic rings. The molecule has 3 nitrogen and oxygen atoms in total. The van der Waals surface area contributed by atoms with E-state index in [2.05, 4.69) is 4.74 Å². The van der Waals surface area contributed by atoms with Gasteiger partial charge in [-0.3, -0.25) is 4.79 Å². The summed E-state index contributed by atoms with van der Waals surface area (Å²) in [5.74, 6) is -0.819.